The number of hydrogen-bond donors (Lipinski definition) is 0. The highest BCUT2D eigenvalue weighted by atomic mass is 32.1. The molecule has 0 N–H and O–H groups in total. The molecular weight excluding hydrogens is 362 g/mol. The number of amides is 1. The SMILES string of the molecule is COc1ccccc1/C=C/C(=O)N1CCc2sccc2[C@@H]1c1cccs1. The van der Waals surface area contributed by atoms with Gasteiger partial charge in [0.25, 0.3) is 0 Å². The highest BCUT2D eigenvalue weighted by molar-refractivity contribution is 7.10. The molecule has 0 radical (unpaired) electrons. The standard InChI is InChI=1S/C21H19NO2S2/c1-24-17-6-3-2-5-15(17)8-9-20(23)22-12-10-18-16(11-14-26-18)21(22)19-7-4-13-25-19/h2-9,11,13-14,21H,10,12H2,1H3/b9-8+/t21-/m1/s1. The zero-order valence-electron chi connectivity index (χ0n) is 14.4. The molecule has 1 atom stereocenters. The van der Waals surface area contributed by atoms with Gasteiger partial charge in [-0.15, -0.1) is 22.7 Å². The van der Waals surface area contributed by atoms with Gasteiger partial charge in [-0.1, -0.05) is 24.3 Å². The van der Waals surface area contributed by atoms with Crippen LogP contribution in [-0.2, 0) is 11.2 Å². The Morgan fingerprint density at radius 2 is 2.04 bits per heavy atom. The van der Waals surface area contributed by atoms with Crippen molar-refractivity contribution in [3.8, 4) is 5.75 Å². The Kier molecular flexibility index (Phi) is 4.91. The molecule has 0 unspecified atom stereocenters. The molecule has 5 heteroatoms. The Balaban J connectivity index is 1.63. The van der Waals surface area contributed by atoms with E-state index in [-0.39, 0.29) is 11.9 Å². The summed E-state index contributed by atoms with van der Waals surface area (Å²) >= 11 is 3.49. The lowest BCUT2D eigenvalue weighted by Crippen LogP contribution is -2.38. The van der Waals surface area contributed by atoms with Crippen LogP contribution < -0.4 is 4.74 Å². The summed E-state index contributed by atoms with van der Waals surface area (Å²) in [5.74, 6) is 0.802. The molecule has 26 heavy (non-hydrogen) atoms. The zero-order chi connectivity index (χ0) is 17.9. The van der Waals surface area contributed by atoms with E-state index >= 15 is 0 Å². The number of carbonyl (C=O) groups excluding carboxylic acids is 1. The van der Waals surface area contributed by atoms with Gasteiger partial charge in [0.2, 0.25) is 5.91 Å². The lowest BCUT2D eigenvalue weighted by Gasteiger charge is -2.34. The summed E-state index contributed by atoms with van der Waals surface area (Å²) in [7, 11) is 1.64. The van der Waals surface area contributed by atoms with Gasteiger partial charge in [-0.3, -0.25) is 4.79 Å². The van der Waals surface area contributed by atoms with Crippen molar-refractivity contribution in [2.24, 2.45) is 0 Å². The quantitative estimate of drug-likeness (QED) is 0.595. The highest BCUT2D eigenvalue weighted by Gasteiger charge is 2.32. The topological polar surface area (TPSA) is 29.5 Å². The number of benzene rings is 1. The van der Waals surface area contributed by atoms with Crippen LogP contribution in [0, 0.1) is 0 Å². The fraction of sp³-hybridized carbons (Fsp3) is 0.190. The first-order chi connectivity index (χ1) is 12.8. The van der Waals surface area contributed by atoms with E-state index in [1.165, 1.54) is 15.3 Å². The van der Waals surface area contributed by atoms with Crippen molar-refractivity contribution >= 4 is 34.7 Å². The van der Waals surface area contributed by atoms with E-state index in [4.69, 9.17) is 4.74 Å². The van der Waals surface area contributed by atoms with E-state index in [0.717, 1.165) is 24.3 Å². The number of ether oxygens (including phenoxy) is 1. The van der Waals surface area contributed by atoms with Crippen LogP contribution in [-0.4, -0.2) is 24.5 Å². The fourth-order valence-corrected chi connectivity index (χ4v) is 5.13. The molecule has 132 valence electrons. The second kappa shape index (κ2) is 7.48. The Bertz CT molecular complexity index is 927. The van der Waals surface area contributed by atoms with Crippen molar-refractivity contribution < 1.29 is 9.53 Å². The summed E-state index contributed by atoms with van der Waals surface area (Å²) in [5, 5.41) is 4.20. The maximum Gasteiger partial charge on any atom is 0.247 e. The molecule has 3 aromatic rings. The molecule has 4 rings (SSSR count). The van der Waals surface area contributed by atoms with E-state index in [1.807, 2.05) is 41.3 Å². The summed E-state index contributed by atoms with van der Waals surface area (Å²) in [6.45, 7) is 0.741. The number of methoxy groups -OCH3 is 1. The number of carbonyl (C=O) groups is 1. The van der Waals surface area contributed by atoms with Crippen LogP contribution in [0.5, 0.6) is 5.75 Å². The van der Waals surface area contributed by atoms with E-state index in [2.05, 4.69) is 22.9 Å². The monoisotopic (exact) mass is 381 g/mol. The van der Waals surface area contributed by atoms with Crippen LogP contribution in [0.4, 0.5) is 0 Å². The molecule has 1 aliphatic rings. The van der Waals surface area contributed by atoms with Crippen molar-refractivity contribution in [3.05, 3.63) is 80.2 Å². The van der Waals surface area contributed by atoms with Crippen LogP contribution >= 0.6 is 22.7 Å². The van der Waals surface area contributed by atoms with Crippen molar-refractivity contribution in [2.45, 2.75) is 12.5 Å². The van der Waals surface area contributed by atoms with Crippen LogP contribution in [0.3, 0.4) is 0 Å². The molecule has 0 spiro atoms. The van der Waals surface area contributed by atoms with Crippen LogP contribution in [0.25, 0.3) is 6.08 Å². The van der Waals surface area contributed by atoms with Gasteiger partial charge < -0.3 is 9.64 Å². The molecule has 1 aliphatic heterocycles. The molecule has 3 heterocycles. The molecule has 1 amide bonds. The average molecular weight is 382 g/mol. The van der Waals surface area contributed by atoms with Crippen molar-refractivity contribution in [1.82, 2.24) is 4.90 Å². The highest BCUT2D eigenvalue weighted by Crippen LogP contribution is 2.39. The normalized spacial score (nSPS) is 16.7. The molecule has 0 saturated carbocycles. The molecule has 3 nitrogen and oxygen atoms in total. The van der Waals surface area contributed by atoms with E-state index in [1.54, 1.807) is 35.9 Å². The Hall–Kier alpha value is -2.37. The maximum absolute atomic E-state index is 13.0. The van der Waals surface area contributed by atoms with Gasteiger partial charge in [-0.2, -0.15) is 0 Å². The van der Waals surface area contributed by atoms with Crippen LogP contribution in [0.2, 0.25) is 0 Å². The minimum Gasteiger partial charge on any atom is -0.496 e. The average Bonchev–Trinajstić information content (AvgIpc) is 3.37. The number of rotatable bonds is 4. The smallest absolute Gasteiger partial charge is 0.247 e. The molecule has 1 aromatic carbocycles. The Labute approximate surface area is 161 Å². The first-order valence-electron chi connectivity index (χ1n) is 8.49. The first-order valence-corrected chi connectivity index (χ1v) is 10.2. The number of nitrogens with zero attached hydrogens (tertiary/aromatic N) is 1. The molecule has 0 fully saturated rings. The van der Waals surface area contributed by atoms with Gasteiger partial charge in [-0.05, 0) is 47.0 Å². The number of fused-ring (bicyclic) bond motifs is 1. The molecule has 2 aromatic heterocycles. The molecule has 0 saturated heterocycles. The van der Waals surface area contributed by atoms with Crippen molar-refractivity contribution in [1.29, 1.82) is 0 Å². The third kappa shape index (κ3) is 3.20. The summed E-state index contributed by atoms with van der Waals surface area (Å²) in [5.41, 5.74) is 2.17. The second-order valence-electron chi connectivity index (χ2n) is 6.07. The number of para-hydroxylation sites is 1. The largest absolute Gasteiger partial charge is 0.496 e. The minimum absolute atomic E-state index is 0.0137. The van der Waals surface area contributed by atoms with Gasteiger partial charge in [-0.25, -0.2) is 0 Å². The minimum atomic E-state index is 0.0137. The van der Waals surface area contributed by atoms with Crippen molar-refractivity contribution in [2.75, 3.05) is 13.7 Å². The Morgan fingerprint density at radius 3 is 2.85 bits per heavy atom. The summed E-state index contributed by atoms with van der Waals surface area (Å²) < 4.78 is 5.37. The summed E-state index contributed by atoms with van der Waals surface area (Å²) in [4.78, 5) is 17.6. The van der Waals surface area contributed by atoms with Gasteiger partial charge in [0, 0.05) is 27.9 Å². The van der Waals surface area contributed by atoms with Crippen LogP contribution in [0.1, 0.15) is 26.9 Å². The second-order valence-corrected chi connectivity index (χ2v) is 8.05. The van der Waals surface area contributed by atoms with Crippen molar-refractivity contribution in [3.63, 3.8) is 0 Å². The van der Waals surface area contributed by atoms with Gasteiger partial charge in [0.05, 0.1) is 13.2 Å². The van der Waals surface area contributed by atoms with Gasteiger partial charge in [0.1, 0.15) is 5.75 Å². The molecular formula is C21H19NO2S2. The van der Waals surface area contributed by atoms with E-state index < -0.39 is 0 Å². The van der Waals surface area contributed by atoms with Gasteiger partial charge >= 0.3 is 0 Å². The maximum atomic E-state index is 13.0. The lowest BCUT2D eigenvalue weighted by atomic mass is 9.98. The lowest BCUT2D eigenvalue weighted by molar-refractivity contribution is -0.127. The van der Waals surface area contributed by atoms with E-state index in [9.17, 15) is 4.79 Å². The molecule has 0 bridgehead atoms. The fourth-order valence-electron chi connectivity index (χ4n) is 3.37. The van der Waals surface area contributed by atoms with Gasteiger partial charge in [0.15, 0.2) is 0 Å². The summed E-state index contributed by atoms with van der Waals surface area (Å²) in [6, 6.07) is 14.1. The summed E-state index contributed by atoms with van der Waals surface area (Å²) in [6.07, 6.45) is 4.43. The first kappa shape index (κ1) is 17.1. The zero-order valence-corrected chi connectivity index (χ0v) is 16.1. The van der Waals surface area contributed by atoms with E-state index in [0.29, 0.717) is 0 Å². The number of hydrogen-bond acceptors (Lipinski definition) is 4. The number of thiophene rings is 2. The van der Waals surface area contributed by atoms with Crippen LogP contribution in [0.15, 0.2) is 59.3 Å². The molecule has 0 aliphatic carbocycles. The third-order valence-corrected chi connectivity index (χ3v) is 6.53. The predicted octanol–water partition coefficient (Wildman–Crippen LogP) is 5.01. The predicted molar refractivity (Wildman–Crippen MR) is 108 cm³/mol. The Morgan fingerprint density at radius 1 is 1.15 bits per heavy atom. The third-order valence-electron chi connectivity index (χ3n) is 4.61.